The molecule has 1 unspecified atom stereocenters. The number of aliphatic hydroxyl groups excluding tert-OH is 1. The van der Waals surface area contributed by atoms with Gasteiger partial charge in [-0.2, -0.15) is 18.3 Å². The maximum Gasteiger partial charge on any atom is 0.416 e. The Labute approximate surface area is 226 Å². The highest BCUT2D eigenvalue weighted by atomic mass is 19.4. The van der Waals surface area contributed by atoms with E-state index < -0.39 is 11.7 Å². The van der Waals surface area contributed by atoms with Crippen molar-refractivity contribution in [1.29, 1.82) is 0 Å². The summed E-state index contributed by atoms with van der Waals surface area (Å²) >= 11 is 0. The van der Waals surface area contributed by atoms with Crippen LogP contribution in [0.2, 0.25) is 0 Å². The molecule has 9 heteroatoms. The van der Waals surface area contributed by atoms with Gasteiger partial charge >= 0.3 is 6.18 Å². The first kappa shape index (κ1) is 25.9. The number of carbonyl (C=O) groups excluding carboxylic acids is 1. The highest BCUT2D eigenvalue weighted by Gasteiger charge is 2.40. The lowest BCUT2D eigenvalue weighted by Gasteiger charge is -2.34. The zero-order chi connectivity index (χ0) is 27.1. The number of benzene rings is 2. The minimum Gasteiger partial charge on any atom is -0.392 e. The maximum absolute atomic E-state index is 13.7. The summed E-state index contributed by atoms with van der Waals surface area (Å²) in [6.07, 6.45) is 1.68. The Morgan fingerprint density at radius 1 is 0.923 bits per heavy atom. The topological polar surface area (TPSA) is 61.6 Å². The molecule has 3 aromatic rings. The molecular weight excluding hydrogens is 505 g/mol. The van der Waals surface area contributed by atoms with Crippen molar-refractivity contribution in [2.75, 3.05) is 31.1 Å². The number of hydrogen-bond acceptors (Lipinski definition) is 4. The Morgan fingerprint density at radius 2 is 1.64 bits per heavy atom. The lowest BCUT2D eigenvalue weighted by molar-refractivity contribution is -0.138. The Balaban J connectivity index is 1.16. The lowest BCUT2D eigenvalue weighted by atomic mass is 9.93. The summed E-state index contributed by atoms with van der Waals surface area (Å²) in [6.45, 7) is 2.52. The minimum absolute atomic E-state index is 0.0333. The molecule has 2 aromatic carbocycles. The van der Waals surface area contributed by atoms with E-state index in [-0.39, 0.29) is 36.6 Å². The number of hydrogen-bond donors (Lipinski definition) is 1. The molecule has 3 aliphatic rings. The molecule has 1 N–H and O–H groups in total. The first-order chi connectivity index (χ1) is 18.8. The molecule has 6 rings (SSSR count). The van der Waals surface area contributed by atoms with E-state index in [9.17, 15) is 23.1 Å². The second kappa shape index (κ2) is 10.3. The molecule has 206 valence electrons. The molecule has 0 spiro atoms. The summed E-state index contributed by atoms with van der Waals surface area (Å²) in [5.41, 5.74) is 3.32. The van der Waals surface area contributed by atoms with Crippen LogP contribution in [0.4, 0.5) is 18.9 Å². The van der Waals surface area contributed by atoms with Gasteiger partial charge in [-0.05, 0) is 61.4 Å². The van der Waals surface area contributed by atoms with Crippen LogP contribution in [0.5, 0.6) is 0 Å². The average molecular weight is 539 g/mol. The third-order valence-electron chi connectivity index (χ3n) is 8.50. The molecule has 3 fully saturated rings. The second-order valence-electron chi connectivity index (χ2n) is 11.0. The van der Waals surface area contributed by atoms with E-state index in [0.29, 0.717) is 24.4 Å². The van der Waals surface area contributed by atoms with Crippen LogP contribution in [0.1, 0.15) is 82.7 Å². The largest absolute Gasteiger partial charge is 0.416 e. The highest BCUT2D eigenvalue weighted by Crippen LogP contribution is 2.44. The van der Waals surface area contributed by atoms with Crippen LogP contribution >= 0.6 is 0 Å². The zero-order valence-corrected chi connectivity index (χ0v) is 21.8. The van der Waals surface area contributed by atoms with Crippen LogP contribution in [0.3, 0.4) is 0 Å². The zero-order valence-electron chi connectivity index (χ0n) is 21.8. The van der Waals surface area contributed by atoms with Gasteiger partial charge < -0.3 is 14.9 Å². The van der Waals surface area contributed by atoms with Crippen LogP contribution in [-0.4, -0.2) is 51.9 Å². The summed E-state index contributed by atoms with van der Waals surface area (Å²) in [5.74, 6) is -0.127. The molecule has 3 heterocycles. The highest BCUT2D eigenvalue weighted by molar-refractivity contribution is 5.95. The number of nitrogens with zero attached hydrogens (tertiary/aromatic N) is 4. The van der Waals surface area contributed by atoms with Crippen LogP contribution < -0.4 is 4.90 Å². The van der Waals surface area contributed by atoms with Gasteiger partial charge in [-0.1, -0.05) is 30.3 Å². The molecule has 0 bridgehead atoms. The molecule has 6 nitrogen and oxygen atoms in total. The standard InChI is InChI=1S/C30H33F3N4O2/c31-30(32,33)27-4-2-1-3-25(27)22-11-14-36(18-22)29(39)26-17-34-37(28(26)21-7-8-21)24-12-15-35(16-13-24)23-9-5-20(19-38)6-10-23/h1-6,9-10,17,21-22,24,38H,7-8,11-16,18-19H2. The summed E-state index contributed by atoms with van der Waals surface area (Å²) < 4.78 is 42.9. The van der Waals surface area contributed by atoms with E-state index >= 15 is 0 Å². The number of likely N-dealkylation sites (tertiary alicyclic amines) is 1. The van der Waals surface area contributed by atoms with Crippen LogP contribution in [0.25, 0.3) is 0 Å². The van der Waals surface area contributed by atoms with Crippen molar-refractivity contribution >= 4 is 11.6 Å². The number of piperidine rings is 1. The van der Waals surface area contributed by atoms with Gasteiger partial charge in [0.1, 0.15) is 0 Å². The van der Waals surface area contributed by atoms with Gasteiger partial charge in [0, 0.05) is 43.7 Å². The number of anilines is 1. The van der Waals surface area contributed by atoms with E-state index in [0.717, 1.165) is 61.8 Å². The maximum atomic E-state index is 13.7. The lowest BCUT2D eigenvalue weighted by Crippen LogP contribution is -2.35. The summed E-state index contributed by atoms with van der Waals surface area (Å²) in [5, 5.41) is 14.0. The van der Waals surface area contributed by atoms with Gasteiger partial charge in [0.25, 0.3) is 5.91 Å². The number of alkyl halides is 3. The summed E-state index contributed by atoms with van der Waals surface area (Å²) in [7, 11) is 0. The van der Waals surface area contributed by atoms with Gasteiger partial charge in [-0.15, -0.1) is 0 Å². The van der Waals surface area contributed by atoms with E-state index in [1.807, 2.05) is 24.3 Å². The molecular formula is C30H33F3N4O2. The SMILES string of the molecule is O=C(c1cnn(C2CCN(c3ccc(CO)cc3)CC2)c1C1CC1)N1CCC(c2ccccc2C(F)(F)F)C1. The number of aromatic nitrogens is 2. The molecule has 1 saturated carbocycles. The fourth-order valence-corrected chi connectivity index (χ4v) is 6.25. The van der Waals surface area contributed by atoms with Crippen molar-refractivity contribution in [2.45, 2.75) is 62.8 Å². The summed E-state index contributed by atoms with van der Waals surface area (Å²) in [4.78, 5) is 17.7. The van der Waals surface area contributed by atoms with Crippen LogP contribution in [0, 0.1) is 0 Å². The number of rotatable bonds is 6. The van der Waals surface area contributed by atoms with E-state index in [2.05, 4.69) is 9.58 Å². The predicted octanol–water partition coefficient (Wildman–Crippen LogP) is 5.74. The molecule has 39 heavy (non-hydrogen) atoms. The van der Waals surface area contributed by atoms with Gasteiger partial charge in [0.15, 0.2) is 0 Å². The molecule has 1 atom stereocenters. The first-order valence-electron chi connectivity index (χ1n) is 13.8. The number of carbonyl (C=O) groups is 1. The first-order valence-corrected chi connectivity index (χ1v) is 13.8. The normalized spacial score (nSPS) is 20.6. The molecule has 2 aliphatic heterocycles. The average Bonchev–Trinajstić information content (AvgIpc) is 3.50. The fourth-order valence-electron chi connectivity index (χ4n) is 6.25. The Hall–Kier alpha value is -3.33. The molecule has 1 aliphatic carbocycles. The Kier molecular flexibility index (Phi) is 6.87. The van der Waals surface area contributed by atoms with E-state index in [1.165, 1.54) is 6.07 Å². The molecule has 0 radical (unpaired) electrons. The van der Waals surface area contributed by atoms with Crippen molar-refractivity contribution in [1.82, 2.24) is 14.7 Å². The minimum atomic E-state index is -4.41. The van der Waals surface area contributed by atoms with Gasteiger partial charge in [-0.3, -0.25) is 9.48 Å². The number of aliphatic hydroxyl groups is 1. The molecule has 1 amide bonds. The summed E-state index contributed by atoms with van der Waals surface area (Å²) in [6, 6.07) is 13.9. The third-order valence-corrected chi connectivity index (χ3v) is 8.50. The van der Waals surface area contributed by atoms with Crippen molar-refractivity contribution in [3.05, 3.63) is 82.7 Å². The van der Waals surface area contributed by atoms with E-state index in [4.69, 9.17) is 5.10 Å². The molecule has 2 saturated heterocycles. The van der Waals surface area contributed by atoms with Crippen molar-refractivity contribution in [2.24, 2.45) is 0 Å². The Bertz CT molecular complexity index is 1320. The van der Waals surface area contributed by atoms with Crippen molar-refractivity contribution < 1.29 is 23.1 Å². The van der Waals surface area contributed by atoms with Crippen molar-refractivity contribution in [3.63, 3.8) is 0 Å². The van der Waals surface area contributed by atoms with Gasteiger partial charge in [0.2, 0.25) is 0 Å². The van der Waals surface area contributed by atoms with Gasteiger partial charge in [-0.25, -0.2) is 0 Å². The van der Waals surface area contributed by atoms with Crippen molar-refractivity contribution in [3.8, 4) is 0 Å². The second-order valence-corrected chi connectivity index (χ2v) is 11.0. The fraction of sp³-hybridized carbons (Fsp3) is 0.467. The van der Waals surface area contributed by atoms with Crippen LogP contribution in [-0.2, 0) is 12.8 Å². The third kappa shape index (κ3) is 5.16. The Morgan fingerprint density at radius 3 is 2.31 bits per heavy atom. The molecule has 1 aromatic heterocycles. The number of halogens is 3. The van der Waals surface area contributed by atoms with Gasteiger partial charge in [0.05, 0.1) is 35.7 Å². The quantitative estimate of drug-likeness (QED) is 0.435. The van der Waals surface area contributed by atoms with E-state index in [1.54, 1.807) is 23.2 Å². The predicted molar refractivity (Wildman–Crippen MR) is 142 cm³/mol. The smallest absolute Gasteiger partial charge is 0.392 e. The van der Waals surface area contributed by atoms with Crippen LogP contribution in [0.15, 0.2) is 54.7 Å². The monoisotopic (exact) mass is 538 g/mol. The number of amides is 1.